The van der Waals surface area contributed by atoms with Crippen LogP contribution in [0.1, 0.15) is 13.3 Å². The maximum absolute atomic E-state index is 6.75. The number of para-hydroxylation sites is 1. The number of hydrogen-bond acceptors (Lipinski definition) is 1. The molecule has 0 aliphatic heterocycles. The van der Waals surface area contributed by atoms with E-state index in [1.807, 2.05) is 37.3 Å². The highest BCUT2D eigenvalue weighted by Crippen LogP contribution is 2.74. The zero-order valence-electron chi connectivity index (χ0n) is 11.4. The predicted molar refractivity (Wildman–Crippen MR) is 95.0 cm³/mol. The molecule has 1 aromatic rings. The summed E-state index contributed by atoms with van der Waals surface area (Å²) in [5.74, 6) is 0.444. The van der Waals surface area contributed by atoms with Crippen LogP contribution in [-0.2, 0) is 0 Å². The third-order valence-electron chi connectivity index (χ3n) is 4.46. The molecule has 2 aliphatic rings. The standard InChI is InChI=1S/C15H12Cl6O/c1-8(22-9-5-3-2-4-6-9)10-7-13(18)11(16)12(17)14(10,19)15(13,20)21/h2-6,8,10H,7H2,1H3/t8-,10+,13+,14-/m0/s1. The fraction of sp³-hybridized carbons (Fsp3) is 0.467. The van der Waals surface area contributed by atoms with Gasteiger partial charge in [0.1, 0.15) is 21.6 Å². The SMILES string of the molecule is C[C@H](Oc1ccccc1)[C@H]1C[C@@]2(Cl)C(Cl)=C(Cl)[C@]1(Cl)C2(Cl)Cl. The fourth-order valence-corrected chi connectivity index (χ4v) is 6.12. The summed E-state index contributed by atoms with van der Waals surface area (Å²) >= 11 is 38.8. The van der Waals surface area contributed by atoms with Crippen LogP contribution in [-0.4, -0.2) is 20.2 Å². The third-order valence-corrected chi connectivity index (χ3v) is 8.76. The summed E-state index contributed by atoms with van der Waals surface area (Å²) in [4.78, 5) is -2.47. The Balaban J connectivity index is 1.94. The van der Waals surface area contributed by atoms with Gasteiger partial charge in [0, 0.05) is 5.92 Å². The highest BCUT2D eigenvalue weighted by atomic mass is 35.5. The van der Waals surface area contributed by atoms with Crippen LogP contribution in [0.15, 0.2) is 40.4 Å². The van der Waals surface area contributed by atoms with Crippen molar-refractivity contribution in [3.8, 4) is 5.75 Å². The Morgan fingerprint density at radius 1 is 1.05 bits per heavy atom. The Morgan fingerprint density at radius 3 is 2.14 bits per heavy atom. The highest BCUT2D eigenvalue weighted by Gasteiger charge is 2.79. The molecule has 1 nitrogen and oxygen atoms in total. The van der Waals surface area contributed by atoms with Crippen molar-refractivity contribution in [1.82, 2.24) is 0 Å². The van der Waals surface area contributed by atoms with Crippen LogP contribution in [0.25, 0.3) is 0 Å². The summed E-state index contributed by atoms with van der Waals surface area (Å²) in [6, 6.07) is 9.41. The first kappa shape index (κ1) is 17.3. The van der Waals surface area contributed by atoms with Gasteiger partial charge in [0.05, 0.1) is 10.1 Å². The van der Waals surface area contributed by atoms with Crippen molar-refractivity contribution in [2.45, 2.75) is 33.5 Å². The van der Waals surface area contributed by atoms with Gasteiger partial charge in [-0.05, 0) is 25.5 Å². The van der Waals surface area contributed by atoms with Gasteiger partial charge in [0.2, 0.25) is 0 Å². The number of rotatable bonds is 3. The van der Waals surface area contributed by atoms with Gasteiger partial charge in [-0.15, -0.1) is 23.2 Å². The van der Waals surface area contributed by atoms with Crippen molar-refractivity contribution in [3.05, 3.63) is 40.4 Å². The normalized spacial score (nSPS) is 37.5. The molecular formula is C15H12Cl6O. The Kier molecular flexibility index (Phi) is 4.34. The number of hydrogen-bond donors (Lipinski definition) is 0. The summed E-state index contributed by atoms with van der Waals surface area (Å²) < 4.78 is 4.45. The van der Waals surface area contributed by atoms with Crippen LogP contribution in [0.2, 0.25) is 0 Å². The minimum absolute atomic E-state index is 0.204. The largest absolute Gasteiger partial charge is 0.490 e. The highest BCUT2D eigenvalue weighted by molar-refractivity contribution is 6.65. The molecule has 1 fully saturated rings. The van der Waals surface area contributed by atoms with E-state index >= 15 is 0 Å². The van der Waals surface area contributed by atoms with Crippen LogP contribution in [0, 0.1) is 5.92 Å². The molecule has 7 heteroatoms. The van der Waals surface area contributed by atoms with E-state index in [9.17, 15) is 0 Å². The summed E-state index contributed by atoms with van der Waals surface area (Å²) in [6.07, 6.45) is 0.0876. The van der Waals surface area contributed by atoms with E-state index in [2.05, 4.69) is 0 Å². The average Bonchev–Trinajstić information content (AvgIpc) is 2.70. The number of ether oxygens (including phenoxy) is 1. The molecule has 0 spiro atoms. The molecule has 1 saturated carbocycles. The maximum Gasteiger partial charge on any atom is 0.166 e. The number of fused-ring (bicyclic) bond motifs is 2. The van der Waals surface area contributed by atoms with Crippen molar-refractivity contribution in [3.63, 3.8) is 0 Å². The van der Waals surface area contributed by atoms with Gasteiger partial charge < -0.3 is 4.74 Å². The lowest BCUT2D eigenvalue weighted by Crippen LogP contribution is -2.47. The lowest BCUT2D eigenvalue weighted by atomic mass is 9.87. The predicted octanol–water partition coefficient (Wildman–Crippen LogP) is 6.31. The lowest BCUT2D eigenvalue weighted by molar-refractivity contribution is 0.140. The minimum atomic E-state index is -1.50. The van der Waals surface area contributed by atoms with Gasteiger partial charge >= 0.3 is 0 Å². The summed E-state index contributed by atoms with van der Waals surface area (Å²) in [7, 11) is 0. The molecule has 4 atom stereocenters. The Labute approximate surface area is 159 Å². The second kappa shape index (κ2) is 5.51. The van der Waals surface area contributed by atoms with Gasteiger partial charge in [0.25, 0.3) is 0 Å². The third kappa shape index (κ3) is 2.06. The minimum Gasteiger partial charge on any atom is -0.490 e. The first-order valence-electron chi connectivity index (χ1n) is 6.70. The molecule has 0 radical (unpaired) electrons. The van der Waals surface area contributed by atoms with E-state index in [4.69, 9.17) is 74.3 Å². The molecule has 2 aliphatic carbocycles. The second-order valence-electron chi connectivity index (χ2n) is 5.66. The molecule has 0 heterocycles. The molecule has 120 valence electrons. The van der Waals surface area contributed by atoms with Gasteiger partial charge in [-0.2, -0.15) is 0 Å². The first-order valence-corrected chi connectivity index (χ1v) is 8.96. The Morgan fingerprint density at radius 2 is 1.64 bits per heavy atom. The smallest absolute Gasteiger partial charge is 0.166 e. The molecule has 0 unspecified atom stereocenters. The van der Waals surface area contributed by atoms with E-state index in [1.165, 1.54) is 0 Å². The fourth-order valence-electron chi connectivity index (χ4n) is 3.24. The quantitative estimate of drug-likeness (QED) is 0.521. The summed E-state index contributed by atoms with van der Waals surface area (Å²) in [6.45, 7) is 1.89. The Hall–Kier alpha value is 0.500. The first-order chi connectivity index (χ1) is 10.2. The van der Waals surface area contributed by atoms with Crippen LogP contribution >= 0.6 is 69.6 Å². The zero-order chi connectivity index (χ0) is 16.3. The zero-order valence-corrected chi connectivity index (χ0v) is 16.0. The van der Waals surface area contributed by atoms with E-state index in [0.717, 1.165) is 5.75 Å². The van der Waals surface area contributed by atoms with Crippen molar-refractivity contribution in [2.75, 3.05) is 0 Å². The molecule has 1 aromatic carbocycles. The lowest BCUT2D eigenvalue weighted by Gasteiger charge is -2.36. The number of alkyl halides is 4. The van der Waals surface area contributed by atoms with E-state index < -0.39 is 14.1 Å². The van der Waals surface area contributed by atoms with Gasteiger partial charge in [0.15, 0.2) is 4.33 Å². The molecule has 0 saturated heterocycles. The van der Waals surface area contributed by atoms with Gasteiger partial charge in [-0.25, -0.2) is 0 Å². The van der Waals surface area contributed by atoms with Crippen molar-refractivity contribution < 1.29 is 4.74 Å². The molecule has 22 heavy (non-hydrogen) atoms. The molecule has 3 rings (SSSR count). The molecule has 0 aromatic heterocycles. The van der Waals surface area contributed by atoms with E-state index in [-0.39, 0.29) is 22.1 Å². The van der Waals surface area contributed by atoms with E-state index in [0.29, 0.717) is 6.42 Å². The molecule has 0 N–H and O–H groups in total. The summed E-state index contributed by atoms with van der Waals surface area (Å²) in [5, 5.41) is 0.426. The van der Waals surface area contributed by atoms with Crippen LogP contribution in [0.3, 0.4) is 0 Å². The van der Waals surface area contributed by atoms with Gasteiger partial charge in [-0.1, -0.05) is 64.6 Å². The summed E-state index contributed by atoms with van der Waals surface area (Å²) in [5.41, 5.74) is 0. The van der Waals surface area contributed by atoms with E-state index in [1.54, 1.807) is 0 Å². The number of benzene rings is 1. The van der Waals surface area contributed by atoms with Crippen molar-refractivity contribution >= 4 is 69.6 Å². The van der Waals surface area contributed by atoms with Crippen molar-refractivity contribution in [2.24, 2.45) is 5.92 Å². The number of allylic oxidation sites excluding steroid dienone is 2. The van der Waals surface area contributed by atoms with Crippen molar-refractivity contribution in [1.29, 1.82) is 0 Å². The van der Waals surface area contributed by atoms with Crippen LogP contribution < -0.4 is 4.74 Å². The molecule has 0 amide bonds. The molecular weight excluding hydrogens is 409 g/mol. The maximum atomic E-state index is 6.75. The van der Waals surface area contributed by atoms with Crippen LogP contribution in [0.5, 0.6) is 5.75 Å². The monoisotopic (exact) mass is 418 g/mol. The number of halogens is 6. The average molecular weight is 421 g/mol. The van der Waals surface area contributed by atoms with Gasteiger partial charge in [-0.3, -0.25) is 0 Å². The van der Waals surface area contributed by atoms with Crippen LogP contribution in [0.4, 0.5) is 0 Å². The molecule has 2 bridgehead atoms. The second-order valence-corrected chi connectivity index (χ2v) is 8.99. The topological polar surface area (TPSA) is 9.23 Å². The Bertz CT molecular complexity index is 630.